The highest BCUT2D eigenvalue weighted by Crippen LogP contribution is 2.27. The Labute approximate surface area is 123 Å². The first kappa shape index (κ1) is 15.0. The zero-order chi connectivity index (χ0) is 15.4. The molecule has 0 spiro atoms. The number of benzene rings is 2. The highest BCUT2D eigenvalue weighted by Gasteiger charge is 2.15. The van der Waals surface area contributed by atoms with Crippen molar-refractivity contribution in [3.63, 3.8) is 0 Å². The van der Waals surface area contributed by atoms with Crippen LogP contribution in [-0.2, 0) is 0 Å². The molecule has 5 nitrogen and oxygen atoms in total. The molecule has 0 aromatic heterocycles. The van der Waals surface area contributed by atoms with E-state index in [2.05, 4.69) is 0 Å². The predicted octanol–water partition coefficient (Wildman–Crippen LogP) is 3.38. The summed E-state index contributed by atoms with van der Waals surface area (Å²) in [6, 6.07) is 11.8. The van der Waals surface area contributed by atoms with E-state index in [4.69, 9.17) is 4.74 Å². The van der Waals surface area contributed by atoms with Crippen molar-refractivity contribution >= 4 is 5.69 Å². The van der Waals surface area contributed by atoms with Gasteiger partial charge in [0.25, 0.3) is 5.69 Å². The molecular formula is C16H17NO4. The normalized spacial score (nSPS) is 12.0. The SMILES string of the molecule is CCOc1ccc([C@H](O)c2ccc([N+](=O)[O-])c(C)c2)cc1. The van der Waals surface area contributed by atoms with Gasteiger partial charge in [-0.05, 0) is 49.2 Å². The Hall–Kier alpha value is -2.40. The average Bonchev–Trinajstić information content (AvgIpc) is 2.47. The molecule has 0 unspecified atom stereocenters. The van der Waals surface area contributed by atoms with E-state index in [1.54, 1.807) is 43.3 Å². The van der Waals surface area contributed by atoms with Gasteiger partial charge in [0.1, 0.15) is 11.9 Å². The second kappa shape index (κ2) is 6.37. The van der Waals surface area contributed by atoms with Crippen LogP contribution in [0.4, 0.5) is 5.69 Å². The number of hydrogen-bond acceptors (Lipinski definition) is 4. The molecule has 0 saturated carbocycles. The van der Waals surface area contributed by atoms with E-state index in [1.165, 1.54) is 6.07 Å². The number of aliphatic hydroxyl groups excluding tert-OH is 1. The Balaban J connectivity index is 2.25. The summed E-state index contributed by atoms with van der Waals surface area (Å²) in [5, 5.41) is 21.2. The van der Waals surface area contributed by atoms with Crippen LogP contribution in [-0.4, -0.2) is 16.6 Å². The van der Waals surface area contributed by atoms with Crippen molar-refractivity contribution in [2.45, 2.75) is 20.0 Å². The Morgan fingerprint density at radius 1 is 1.19 bits per heavy atom. The molecule has 0 amide bonds. The summed E-state index contributed by atoms with van der Waals surface area (Å²) in [5.41, 5.74) is 1.93. The van der Waals surface area contributed by atoms with Crippen molar-refractivity contribution in [1.82, 2.24) is 0 Å². The van der Waals surface area contributed by atoms with Crippen molar-refractivity contribution in [3.8, 4) is 5.75 Å². The first-order chi connectivity index (χ1) is 10.0. The molecule has 0 aliphatic heterocycles. The van der Waals surface area contributed by atoms with Crippen LogP contribution in [0, 0.1) is 17.0 Å². The third-order valence-electron chi connectivity index (χ3n) is 3.24. The van der Waals surface area contributed by atoms with E-state index in [1.807, 2.05) is 6.92 Å². The molecule has 21 heavy (non-hydrogen) atoms. The molecule has 0 heterocycles. The van der Waals surface area contributed by atoms with Gasteiger partial charge in [0.15, 0.2) is 0 Å². The maximum Gasteiger partial charge on any atom is 0.272 e. The number of nitro groups is 1. The number of hydrogen-bond donors (Lipinski definition) is 1. The van der Waals surface area contributed by atoms with Crippen molar-refractivity contribution in [2.24, 2.45) is 0 Å². The van der Waals surface area contributed by atoms with Gasteiger partial charge in [-0.1, -0.05) is 12.1 Å². The number of ether oxygens (including phenoxy) is 1. The van der Waals surface area contributed by atoms with E-state index < -0.39 is 11.0 Å². The standard InChI is InChI=1S/C16H17NO4/c1-3-21-14-7-4-12(5-8-14)16(18)13-6-9-15(17(19)20)11(2)10-13/h4-10,16,18H,3H2,1-2H3/t16-/m0/s1. The molecule has 2 aromatic carbocycles. The van der Waals surface area contributed by atoms with Crippen molar-refractivity contribution < 1.29 is 14.8 Å². The smallest absolute Gasteiger partial charge is 0.272 e. The van der Waals surface area contributed by atoms with Gasteiger partial charge in [-0.3, -0.25) is 10.1 Å². The van der Waals surface area contributed by atoms with Crippen LogP contribution in [0.2, 0.25) is 0 Å². The molecule has 5 heteroatoms. The maximum absolute atomic E-state index is 10.8. The fourth-order valence-electron chi connectivity index (χ4n) is 2.16. The molecule has 1 N–H and O–H groups in total. The van der Waals surface area contributed by atoms with Gasteiger partial charge in [0, 0.05) is 11.6 Å². The Morgan fingerprint density at radius 2 is 1.81 bits per heavy atom. The lowest BCUT2D eigenvalue weighted by atomic mass is 9.99. The van der Waals surface area contributed by atoms with Crippen LogP contribution in [0.3, 0.4) is 0 Å². The van der Waals surface area contributed by atoms with Gasteiger partial charge < -0.3 is 9.84 Å². The Kier molecular flexibility index (Phi) is 4.55. The topological polar surface area (TPSA) is 72.6 Å². The zero-order valence-corrected chi connectivity index (χ0v) is 11.9. The number of nitro benzene ring substituents is 1. The third kappa shape index (κ3) is 3.38. The van der Waals surface area contributed by atoms with Crippen LogP contribution < -0.4 is 4.74 Å². The molecule has 0 aliphatic rings. The van der Waals surface area contributed by atoms with Crippen LogP contribution >= 0.6 is 0 Å². The van der Waals surface area contributed by atoms with E-state index in [0.29, 0.717) is 23.3 Å². The quantitative estimate of drug-likeness (QED) is 0.676. The second-order valence-electron chi connectivity index (χ2n) is 4.71. The first-order valence-electron chi connectivity index (χ1n) is 6.68. The van der Waals surface area contributed by atoms with Gasteiger partial charge in [-0.2, -0.15) is 0 Å². The Morgan fingerprint density at radius 3 is 2.33 bits per heavy atom. The molecule has 2 aromatic rings. The van der Waals surface area contributed by atoms with E-state index in [9.17, 15) is 15.2 Å². The average molecular weight is 287 g/mol. The van der Waals surface area contributed by atoms with Crippen LogP contribution in [0.25, 0.3) is 0 Å². The minimum absolute atomic E-state index is 0.0534. The third-order valence-corrected chi connectivity index (χ3v) is 3.24. The van der Waals surface area contributed by atoms with Gasteiger partial charge in [0.2, 0.25) is 0 Å². The van der Waals surface area contributed by atoms with E-state index in [-0.39, 0.29) is 5.69 Å². The largest absolute Gasteiger partial charge is 0.494 e. The lowest BCUT2D eigenvalue weighted by molar-refractivity contribution is -0.385. The minimum Gasteiger partial charge on any atom is -0.494 e. The highest BCUT2D eigenvalue weighted by molar-refractivity contribution is 5.44. The van der Waals surface area contributed by atoms with Gasteiger partial charge in [0.05, 0.1) is 11.5 Å². The lowest BCUT2D eigenvalue weighted by Crippen LogP contribution is -2.01. The summed E-state index contributed by atoms with van der Waals surface area (Å²) in [6.07, 6.45) is -0.819. The molecule has 2 rings (SSSR count). The van der Waals surface area contributed by atoms with Crippen molar-refractivity contribution in [2.75, 3.05) is 6.61 Å². The maximum atomic E-state index is 10.8. The number of nitrogens with zero attached hydrogens (tertiary/aromatic N) is 1. The van der Waals surface area contributed by atoms with Gasteiger partial charge >= 0.3 is 0 Å². The summed E-state index contributed by atoms with van der Waals surface area (Å²) in [6.45, 7) is 4.15. The Bertz CT molecular complexity index is 637. The lowest BCUT2D eigenvalue weighted by Gasteiger charge is -2.13. The first-order valence-corrected chi connectivity index (χ1v) is 6.68. The molecule has 110 valence electrons. The number of aryl methyl sites for hydroxylation is 1. The second-order valence-corrected chi connectivity index (χ2v) is 4.71. The summed E-state index contributed by atoms with van der Waals surface area (Å²) in [4.78, 5) is 10.4. The molecule has 0 radical (unpaired) electrons. The summed E-state index contributed by atoms with van der Waals surface area (Å²) >= 11 is 0. The fourth-order valence-corrected chi connectivity index (χ4v) is 2.16. The fraction of sp³-hybridized carbons (Fsp3) is 0.250. The summed E-state index contributed by atoms with van der Waals surface area (Å²) in [7, 11) is 0. The predicted molar refractivity (Wildman–Crippen MR) is 79.5 cm³/mol. The molecule has 0 aliphatic carbocycles. The molecule has 1 atom stereocenters. The molecule has 0 fully saturated rings. The van der Waals surface area contributed by atoms with Crippen LogP contribution in [0.15, 0.2) is 42.5 Å². The summed E-state index contributed by atoms with van der Waals surface area (Å²) < 4.78 is 5.35. The number of aliphatic hydroxyl groups is 1. The van der Waals surface area contributed by atoms with E-state index in [0.717, 1.165) is 5.75 Å². The highest BCUT2D eigenvalue weighted by atomic mass is 16.6. The zero-order valence-electron chi connectivity index (χ0n) is 11.9. The molecule has 0 bridgehead atoms. The molecular weight excluding hydrogens is 270 g/mol. The van der Waals surface area contributed by atoms with E-state index >= 15 is 0 Å². The van der Waals surface area contributed by atoms with Gasteiger partial charge in [-0.15, -0.1) is 0 Å². The van der Waals surface area contributed by atoms with Crippen LogP contribution in [0.5, 0.6) is 5.75 Å². The molecule has 0 saturated heterocycles. The minimum atomic E-state index is -0.819. The summed E-state index contributed by atoms with van der Waals surface area (Å²) in [5.74, 6) is 0.744. The van der Waals surface area contributed by atoms with Crippen molar-refractivity contribution in [3.05, 3.63) is 69.3 Å². The van der Waals surface area contributed by atoms with Crippen LogP contribution in [0.1, 0.15) is 29.7 Å². The number of rotatable bonds is 5. The monoisotopic (exact) mass is 287 g/mol. The van der Waals surface area contributed by atoms with Gasteiger partial charge in [-0.25, -0.2) is 0 Å². The van der Waals surface area contributed by atoms with Crippen molar-refractivity contribution in [1.29, 1.82) is 0 Å².